The standard InChI is InChI=1S/C53H79NO7/c1-6-8-10-12-14-16-18-20-22-24-25-26-28-29-31-33-35-37-39-41-43-51(55)60-48-49(47-59-46-45-50(53(57)58)54(3,4)5)61-52(56)44-42-40-38-36-34-32-30-27-23-21-19-17-15-13-11-9-7-2/h8-11,13-17,19-23,25-27,29-32,34-35,37,49-50H,6-7,12,18,24,28,33,36,38-48H2,1-5H3/b10-8+,11-9+,15-13+,16-14+,19-17+,22-20+,23-21+,26-25+,30-27+,31-29+,34-32+,37-35+. The normalized spacial score (nSPS) is 14.3. The van der Waals surface area contributed by atoms with Crippen molar-refractivity contribution >= 4 is 17.9 Å². The highest BCUT2D eigenvalue weighted by molar-refractivity contribution is 5.70. The van der Waals surface area contributed by atoms with E-state index in [-0.39, 0.29) is 55.5 Å². The van der Waals surface area contributed by atoms with E-state index < -0.39 is 18.1 Å². The Labute approximate surface area is 370 Å². The highest BCUT2D eigenvalue weighted by Crippen LogP contribution is 2.10. The molecule has 0 aromatic rings. The molecular formula is C53H79NO7. The Balaban J connectivity index is 4.57. The quantitative estimate of drug-likeness (QED) is 0.0202. The van der Waals surface area contributed by atoms with Crippen LogP contribution in [-0.2, 0) is 28.6 Å². The summed E-state index contributed by atoms with van der Waals surface area (Å²) in [6.07, 6.45) is 61.6. The number of quaternary nitrogens is 1. The van der Waals surface area contributed by atoms with Crippen LogP contribution in [0.2, 0.25) is 0 Å². The van der Waals surface area contributed by atoms with Crippen molar-refractivity contribution in [3.8, 4) is 0 Å². The Morgan fingerprint density at radius 1 is 0.508 bits per heavy atom. The lowest BCUT2D eigenvalue weighted by Gasteiger charge is -2.34. The van der Waals surface area contributed by atoms with E-state index in [2.05, 4.69) is 98.9 Å². The van der Waals surface area contributed by atoms with E-state index in [0.29, 0.717) is 12.8 Å². The molecular weight excluding hydrogens is 763 g/mol. The van der Waals surface area contributed by atoms with Gasteiger partial charge in [-0.2, -0.15) is 0 Å². The van der Waals surface area contributed by atoms with Gasteiger partial charge in [0.2, 0.25) is 0 Å². The maximum atomic E-state index is 12.7. The number of esters is 2. The molecule has 0 saturated heterocycles. The molecule has 2 unspecified atom stereocenters. The van der Waals surface area contributed by atoms with E-state index in [1.54, 1.807) is 21.1 Å². The number of nitrogens with zero attached hydrogens (tertiary/aromatic N) is 1. The molecule has 8 nitrogen and oxygen atoms in total. The molecule has 0 bridgehead atoms. The topological polar surface area (TPSA) is 102 Å². The summed E-state index contributed by atoms with van der Waals surface area (Å²) >= 11 is 0. The van der Waals surface area contributed by atoms with Crippen molar-refractivity contribution in [3.05, 3.63) is 146 Å². The van der Waals surface area contributed by atoms with Gasteiger partial charge in [0.05, 0.1) is 40.3 Å². The van der Waals surface area contributed by atoms with Gasteiger partial charge in [-0.1, -0.05) is 166 Å². The van der Waals surface area contributed by atoms with Gasteiger partial charge in [0.1, 0.15) is 12.6 Å². The molecule has 0 aliphatic heterocycles. The zero-order valence-electron chi connectivity index (χ0n) is 38.3. The van der Waals surface area contributed by atoms with Gasteiger partial charge in [0.15, 0.2) is 6.10 Å². The van der Waals surface area contributed by atoms with Crippen LogP contribution >= 0.6 is 0 Å². The summed E-state index contributed by atoms with van der Waals surface area (Å²) in [6, 6.07) is -0.754. The second kappa shape index (κ2) is 41.9. The van der Waals surface area contributed by atoms with Gasteiger partial charge >= 0.3 is 11.9 Å². The summed E-state index contributed by atoms with van der Waals surface area (Å²) in [5.74, 6) is -1.90. The molecule has 61 heavy (non-hydrogen) atoms. The number of aliphatic carboxylic acids is 1. The first-order chi connectivity index (χ1) is 29.6. The highest BCUT2D eigenvalue weighted by Gasteiger charge is 2.25. The fourth-order valence-electron chi connectivity index (χ4n) is 5.46. The predicted molar refractivity (Wildman–Crippen MR) is 253 cm³/mol. The van der Waals surface area contributed by atoms with Crippen LogP contribution in [0.15, 0.2) is 146 Å². The lowest BCUT2D eigenvalue weighted by atomic mass is 10.1. The molecule has 0 aromatic carbocycles. The van der Waals surface area contributed by atoms with E-state index >= 15 is 0 Å². The minimum absolute atomic E-state index is 0.00799. The Bertz CT molecular complexity index is 1490. The monoisotopic (exact) mass is 842 g/mol. The SMILES string of the molecule is CC/C=C/C=C/C=C/C=C/C=C/C=C/CCCCCC(=O)OC(COCCC(C(=O)[O-])[N+](C)(C)C)COC(=O)CCC/C=C/C/C=C/C/C=C/C/C=C/C/C=C/C/C=C/CC. The van der Waals surface area contributed by atoms with Gasteiger partial charge in [0.25, 0.3) is 0 Å². The van der Waals surface area contributed by atoms with Gasteiger partial charge < -0.3 is 28.6 Å². The number of allylic oxidation sites excluding steroid dienone is 24. The molecule has 0 spiro atoms. The number of hydrogen-bond donors (Lipinski definition) is 0. The maximum Gasteiger partial charge on any atom is 0.306 e. The van der Waals surface area contributed by atoms with Gasteiger partial charge in [-0.15, -0.1) is 0 Å². The fourth-order valence-corrected chi connectivity index (χ4v) is 5.46. The third kappa shape index (κ3) is 40.4. The third-order valence-corrected chi connectivity index (χ3v) is 8.88. The van der Waals surface area contributed by atoms with E-state index in [1.165, 1.54) is 0 Å². The zero-order valence-corrected chi connectivity index (χ0v) is 38.3. The molecule has 0 aromatic heterocycles. The van der Waals surface area contributed by atoms with Crippen LogP contribution in [0, 0.1) is 0 Å². The molecule has 0 heterocycles. The van der Waals surface area contributed by atoms with E-state index in [4.69, 9.17) is 14.2 Å². The van der Waals surface area contributed by atoms with Gasteiger partial charge in [-0.3, -0.25) is 9.59 Å². The second-order valence-corrected chi connectivity index (χ2v) is 15.3. The molecule has 0 saturated carbocycles. The van der Waals surface area contributed by atoms with Crippen LogP contribution in [0.3, 0.4) is 0 Å². The lowest BCUT2D eigenvalue weighted by molar-refractivity contribution is -0.889. The summed E-state index contributed by atoms with van der Waals surface area (Å²) in [7, 11) is 5.35. The molecule has 2 atom stereocenters. The van der Waals surface area contributed by atoms with Crippen molar-refractivity contribution < 1.29 is 38.2 Å². The van der Waals surface area contributed by atoms with E-state index in [0.717, 1.165) is 70.6 Å². The van der Waals surface area contributed by atoms with Crippen molar-refractivity contribution in [2.75, 3.05) is 41.0 Å². The van der Waals surface area contributed by atoms with Crippen LogP contribution in [0.4, 0.5) is 0 Å². The predicted octanol–water partition coefficient (Wildman–Crippen LogP) is 11.2. The van der Waals surface area contributed by atoms with E-state index in [1.807, 2.05) is 60.8 Å². The molecule has 8 heteroatoms. The van der Waals surface area contributed by atoms with Crippen LogP contribution in [0.1, 0.15) is 117 Å². The minimum atomic E-state index is -1.15. The average molecular weight is 842 g/mol. The Morgan fingerprint density at radius 2 is 0.967 bits per heavy atom. The molecule has 0 fully saturated rings. The summed E-state index contributed by atoms with van der Waals surface area (Å²) in [4.78, 5) is 36.9. The molecule has 0 N–H and O–H groups in total. The summed E-state index contributed by atoms with van der Waals surface area (Å²) < 4.78 is 17.1. The first-order valence-corrected chi connectivity index (χ1v) is 22.4. The van der Waals surface area contributed by atoms with Crippen LogP contribution in [-0.4, -0.2) is 75.5 Å². The summed E-state index contributed by atoms with van der Waals surface area (Å²) in [5.41, 5.74) is 0. The first-order valence-electron chi connectivity index (χ1n) is 22.4. The Morgan fingerprint density at radius 3 is 1.48 bits per heavy atom. The zero-order chi connectivity index (χ0) is 44.9. The molecule has 0 rings (SSSR count). The fraction of sp³-hybridized carbons (Fsp3) is 0.491. The number of likely N-dealkylation sites (N-methyl/N-ethyl adjacent to an activating group) is 1. The van der Waals surface area contributed by atoms with Crippen LogP contribution in [0.25, 0.3) is 0 Å². The molecule has 338 valence electrons. The second-order valence-electron chi connectivity index (χ2n) is 15.3. The van der Waals surface area contributed by atoms with Crippen molar-refractivity contribution in [3.63, 3.8) is 0 Å². The van der Waals surface area contributed by atoms with Gasteiger partial charge in [-0.25, -0.2) is 0 Å². The largest absolute Gasteiger partial charge is 0.544 e. The third-order valence-electron chi connectivity index (χ3n) is 8.88. The van der Waals surface area contributed by atoms with Gasteiger partial charge in [-0.05, 0) is 77.0 Å². The first kappa shape index (κ1) is 56.2. The van der Waals surface area contributed by atoms with Crippen molar-refractivity contribution in [2.24, 2.45) is 0 Å². The molecule has 0 amide bonds. The lowest BCUT2D eigenvalue weighted by Crippen LogP contribution is -2.55. The Hall–Kier alpha value is -4.79. The number of carboxylic acids is 1. The van der Waals surface area contributed by atoms with E-state index in [9.17, 15) is 19.5 Å². The Kier molecular flexibility index (Phi) is 38.6. The average Bonchev–Trinajstić information content (AvgIpc) is 3.22. The molecule has 0 radical (unpaired) electrons. The smallest absolute Gasteiger partial charge is 0.306 e. The van der Waals surface area contributed by atoms with Gasteiger partial charge in [0, 0.05) is 19.3 Å². The highest BCUT2D eigenvalue weighted by atomic mass is 16.6. The minimum Gasteiger partial charge on any atom is -0.544 e. The van der Waals surface area contributed by atoms with Crippen molar-refractivity contribution in [1.82, 2.24) is 0 Å². The number of hydrogen-bond acceptors (Lipinski definition) is 7. The number of unbranched alkanes of at least 4 members (excludes halogenated alkanes) is 4. The number of carboxylic acid groups (broad SMARTS) is 1. The number of carbonyl (C=O) groups excluding carboxylic acids is 3. The number of carbonyl (C=O) groups is 3. The number of rotatable bonds is 37. The number of ether oxygens (including phenoxy) is 3. The van der Waals surface area contributed by atoms with Crippen LogP contribution < -0.4 is 5.11 Å². The maximum absolute atomic E-state index is 12.7. The summed E-state index contributed by atoms with van der Waals surface area (Å²) in [6.45, 7) is 4.25. The van der Waals surface area contributed by atoms with Crippen LogP contribution in [0.5, 0.6) is 0 Å². The van der Waals surface area contributed by atoms with Crippen molar-refractivity contribution in [1.29, 1.82) is 0 Å². The molecule has 0 aliphatic rings. The summed E-state index contributed by atoms with van der Waals surface area (Å²) in [5, 5.41) is 11.6. The van der Waals surface area contributed by atoms with Crippen molar-refractivity contribution in [2.45, 2.75) is 129 Å². The molecule has 0 aliphatic carbocycles.